The Morgan fingerprint density at radius 2 is 1.88 bits per heavy atom. The number of ether oxygens (including phenoxy) is 2. The van der Waals surface area contributed by atoms with Crippen molar-refractivity contribution in [1.82, 2.24) is 15.2 Å². The number of nitrogens with one attached hydrogen (secondary N) is 2. The van der Waals surface area contributed by atoms with E-state index in [-0.39, 0.29) is 35.9 Å². The SMILES string of the molecule is CC[C@H](O)C(=O)N[C@H]1CC[C@H](C2(C)Oc3c(C)c4c(c(Cl)c3O2)CCN(Cc2c(C)cc(C)[nH]c2=O)C4=O)CC1. The van der Waals surface area contributed by atoms with Crippen LogP contribution in [0.5, 0.6) is 11.5 Å². The molecule has 10 heteroatoms. The number of carbonyl (C=O) groups is 2. The van der Waals surface area contributed by atoms with E-state index in [2.05, 4.69) is 10.3 Å². The summed E-state index contributed by atoms with van der Waals surface area (Å²) < 4.78 is 12.9. The van der Waals surface area contributed by atoms with E-state index in [1.165, 1.54) is 0 Å². The Bertz CT molecular complexity index is 1410. The molecule has 2 aromatic rings. The van der Waals surface area contributed by atoms with Crippen molar-refractivity contribution in [3.05, 3.63) is 55.0 Å². The van der Waals surface area contributed by atoms with Crippen LogP contribution in [0.1, 0.15) is 84.3 Å². The topological polar surface area (TPSA) is 121 Å². The number of aryl methyl sites for hydroxylation is 2. The standard InChI is InChI=1S/C30H38ClN3O6/c1-6-22(35)28(37)33-19-9-7-18(8-10-19)30(5)39-25-17(4)23-20(24(31)26(25)40-30)11-12-34(29(23)38)14-21-15(2)13-16(3)32-27(21)36/h13,18-19,22,35H,6-12,14H2,1-5H3,(H,32,36)(H,33,37)/t18-,19-,22-,30?/m0/s1. The summed E-state index contributed by atoms with van der Waals surface area (Å²) in [7, 11) is 0. The van der Waals surface area contributed by atoms with E-state index in [0.717, 1.165) is 42.5 Å². The van der Waals surface area contributed by atoms with Crippen LogP contribution in [0.4, 0.5) is 0 Å². The number of fused-ring (bicyclic) bond motifs is 2. The van der Waals surface area contributed by atoms with Gasteiger partial charge < -0.3 is 29.8 Å². The first-order valence-electron chi connectivity index (χ1n) is 14.1. The van der Waals surface area contributed by atoms with Crippen molar-refractivity contribution in [3.8, 4) is 11.5 Å². The number of rotatable bonds is 6. The van der Waals surface area contributed by atoms with Crippen LogP contribution in [0, 0.1) is 26.7 Å². The summed E-state index contributed by atoms with van der Waals surface area (Å²) in [4.78, 5) is 43.0. The number of H-pyrrole nitrogens is 1. The molecule has 0 bridgehead atoms. The highest BCUT2D eigenvalue weighted by molar-refractivity contribution is 6.34. The third kappa shape index (κ3) is 4.98. The zero-order chi connectivity index (χ0) is 28.9. The number of aliphatic hydroxyl groups is 1. The lowest BCUT2D eigenvalue weighted by Gasteiger charge is -2.37. The normalized spacial score (nSPS) is 24.6. The Morgan fingerprint density at radius 3 is 2.52 bits per heavy atom. The number of pyridine rings is 1. The van der Waals surface area contributed by atoms with Gasteiger partial charge in [0, 0.05) is 42.2 Å². The van der Waals surface area contributed by atoms with Gasteiger partial charge in [-0.2, -0.15) is 0 Å². The molecule has 0 spiro atoms. The van der Waals surface area contributed by atoms with Crippen molar-refractivity contribution in [2.24, 2.45) is 5.92 Å². The molecule has 216 valence electrons. The summed E-state index contributed by atoms with van der Waals surface area (Å²) in [6.45, 7) is 9.93. The van der Waals surface area contributed by atoms with Gasteiger partial charge >= 0.3 is 0 Å². The number of nitrogens with zero attached hydrogens (tertiary/aromatic N) is 1. The number of halogens is 1. The van der Waals surface area contributed by atoms with Crippen molar-refractivity contribution in [1.29, 1.82) is 0 Å². The Morgan fingerprint density at radius 1 is 1.20 bits per heavy atom. The fourth-order valence-electron chi connectivity index (χ4n) is 6.36. The first-order chi connectivity index (χ1) is 18.9. The van der Waals surface area contributed by atoms with Crippen molar-refractivity contribution in [2.45, 2.75) is 97.6 Å². The molecule has 9 nitrogen and oxygen atoms in total. The smallest absolute Gasteiger partial charge is 0.254 e. The number of amides is 2. The van der Waals surface area contributed by atoms with E-state index in [1.54, 1.807) is 11.8 Å². The molecule has 1 aromatic heterocycles. The van der Waals surface area contributed by atoms with Crippen LogP contribution in [0.2, 0.25) is 5.02 Å². The molecule has 1 fully saturated rings. The van der Waals surface area contributed by atoms with Crippen LogP contribution in [-0.4, -0.2) is 51.3 Å². The van der Waals surface area contributed by atoms with Crippen LogP contribution < -0.4 is 20.3 Å². The van der Waals surface area contributed by atoms with Crippen LogP contribution in [0.25, 0.3) is 0 Å². The second-order valence-electron chi connectivity index (χ2n) is 11.6. The molecular weight excluding hydrogens is 534 g/mol. The lowest BCUT2D eigenvalue weighted by molar-refractivity contribution is -0.132. The number of hydrogen-bond acceptors (Lipinski definition) is 6. The number of benzene rings is 1. The summed E-state index contributed by atoms with van der Waals surface area (Å²) in [5, 5.41) is 13.2. The lowest BCUT2D eigenvalue weighted by Crippen LogP contribution is -2.48. The van der Waals surface area contributed by atoms with Crippen LogP contribution in [-0.2, 0) is 17.8 Å². The van der Waals surface area contributed by atoms with Gasteiger partial charge in [-0.1, -0.05) is 18.5 Å². The molecule has 3 heterocycles. The highest BCUT2D eigenvalue weighted by Crippen LogP contribution is 2.53. The number of aromatic nitrogens is 1. The molecule has 3 N–H and O–H groups in total. The van der Waals surface area contributed by atoms with Gasteiger partial charge in [-0.3, -0.25) is 14.4 Å². The molecule has 0 saturated heterocycles. The molecule has 1 saturated carbocycles. The minimum Gasteiger partial charge on any atom is -0.448 e. The summed E-state index contributed by atoms with van der Waals surface area (Å²) in [5.41, 5.74) is 4.00. The first-order valence-corrected chi connectivity index (χ1v) is 14.5. The number of aliphatic hydroxyl groups excluding tert-OH is 1. The van der Waals surface area contributed by atoms with Crippen molar-refractivity contribution in [2.75, 3.05) is 6.54 Å². The van der Waals surface area contributed by atoms with Crippen LogP contribution in [0.15, 0.2) is 10.9 Å². The quantitative estimate of drug-likeness (QED) is 0.480. The molecule has 1 unspecified atom stereocenters. The average molecular weight is 572 g/mol. The molecule has 3 aliphatic rings. The molecule has 2 aliphatic heterocycles. The maximum absolute atomic E-state index is 13.7. The average Bonchev–Trinajstić information content (AvgIpc) is 3.29. The zero-order valence-corrected chi connectivity index (χ0v) is 24.5. The first kappa shape index (κ1) is 28.5. The summed E-state index contributed by atoms with van der Waals surface area (Å²) in [6, 6.07) is 1.92. The Balaban J connectivity index is 1.34. The fraction of sp³-hybridized carbons (Fsp3) is 0.567. The minimum atomic E-state index is -0.984. The van der Waals surface area contributed by atoms with E-state index >= 15 is 0 Å². The largest absolute Gasteiger partial charge is 0.448 e. The molecule has 1 aromatic carbocycles. The molecule has 1 aliphatic carbocycles. The van der Waals surface area contributed by atoms with E-state index in [9.17, 15) is 19.5 Å². The number of aromatic amines is 1. The van der Waals surface area contributed by atoms with E-state index in [0.29, 0.717) is 52.6 Å². The molecule has 40 heavy (non-hydrogen) atoms. The number of carbonyl (C=O) groups excluding carboxylic acids is 2. The molecular formula is C30H38ClN3O6. The molecule has 0 radical (unpaired) electrons. The van der Waals surface area contributed by atoms with Gasteiger partial charge in [0.2, 0.25) is 5.91 Å². The second kappa shape index (κ2) is 10.7. The van der Waals surface area contributed by atoms with Crippen molar-refractivity contribution >= 4 is 23.4 Å². The highest BCUT2D eigenvalue weighted by Gasteiger charge is 2.48. The van der Waals surface area contributed by atoms with Crippen molar-refractivity contribution < 1.29 is 24.2 Å². The van der Waals surface area contributed by atoms with Gasteiger partial charge in [0.25, 0.3) is 17.3 Å². The Hall–Kier alpha value is -3.04. The van der Waals surface area contributed by atoms with E-state index in [1.807, 2.05) is 33.8 Å². The summed E-state index contributed by atoms with van der Waals surface area (Å²) in [5.74, 6) is -0.424. The molecule has 2 atom stereocenters. The monoisotopic (exact) mass is 571 g/mol. The zero-order valence-electron chi connectivity index (χ0n) is 23.8. The molecule has 5 rings (SSSR count). The predicted molar refractivity (Wildman–Crippen MR) is 151 cm³/mol. The minimum absolute atomic E-state index is 0.00275. The van der Waals surface area contributed by atoms with Crippen LogP contribution >= 0.6 is 11.6 Å². The maximum Gasteiger partial charge on any atom is 0.254 e. The number of hydrogen-bond donors (Lipinski definition) is 3. The Kier molecular flexibility index (Phi) is 7.65. The van der Waals surface area contributed by atoms with E-state index < -0.39 is 11.9 Å². The third-order valence-electron chi connectivity index (χ3n) is 8.78. The van der Waals surface area contributed by atoms with Gasteiger partial charge in [0.05, 0.1) is 17.1 Å². The second-order valence-corrected chi connectivity index (χ2v) is 11.9. The van der Waals surface area contributed by atoms with E-state index in [4.69, 9.17) is 21.1 Å². The maximum atomic E-state index is 13.7. The lowest BCUT2D eigenvalue weighted by atomic mass is 9.81. The molecule has 2 amide bonds. The van der Waals surface area contributed by atoms with Gasteiger partial charge in [-0.25, -0.2) is 0 Å². The highest BCUT2D eigenvalue weighted by atomic mass is 35.5. The summed E-state index contributed by atoms with van der Waals surface area (Å²) in [6.07, 6.45) is 2.98. The van der Waals surface area contributed by atoms with Gasteiger partial charge in [0.1, 0.15) is 6.10 Å². The predicted octanol–water partition coefficient (Wildman–Crippen LogP) is 4.09. The van der Waals surface area contributed by atoms with Gasteiger partial charge in [-0.05, 0) is 76.5 Å². The van der Waals surface area contributed by atoms with Crippen LogP contribution in [0.3, 0.4) is 0 Å². The van der Waals surface area contributed by atoms with Crippen molar-refractivity contribution in [3.63, 3.8) is 0 Å². The Labute approximate surface area is 239 Å². The fourth-order valence-corrected chi connectivity index (χ4v) is 6.67. The van der Waals surface area contributed by atoms with Gasteiger partial charge in [-0.15, -0.1) is 0 Å². The van der Waals surface area contributed by atoms with Gasteiger partial charge in [0.15, 0.2) is 11.5 Å². The summed E-state index contributed by atoms with van der Waals surface area (Å²) >= 11 is 6.87. The third-order valence-corrected chi connectivity index (χ3v) is 9.18.